The second kappa shape index (κ2) is 9.96. The van der Waals surface area contributed by atoms with E-state index in [1.54, 1.807) is 18.2 Å². The van der Waals surface area contributed by atoms with E-state index in [0.29, 0.717) is 29.7 Å². The van der Waals surface area contributed by atoms with Crippen molar-refractivity contribution in [2.24, 2.45) is 5.92 Å². The molecule has 2 aromatic carbocycles. The summed E-state index contributed by atoms with van der Waals surface area (Å²) >= 11 is 0. The molecule has 2 rings (SSSR count). The predicted molar refractivity (Wildman–Crippen MR) is 113 cm³/mol. The van der Waals surface area contributed by atoms with Crippen molar-refractivity contribution in [1.29, 1.82) is 0 Å². The first kappa shape index (κ1) is 22.3. The van der Waals surface area contributed by atoms with Gasteiger partial charge in [-0.1, -0.05) is 31.5 Å². The Morgan fingerprint density at radius 1 is 1.00 bits per heavy atom. The summed E-state index contributed by atoms with van der Waals surface area (Å²) in [6.07, 6.45) is -0.953. The van der Waals surface area contributed by atoms with Gasteiger partial charge in [-0.3, -0.25) is 4.79 Å². The summed E-state index contributed by atoms with van der Waals surface area (Å²) in [7, 11) is 1.51. The summed E-state index contributed by atoms with van der Waals surface area (Å²) in [5, 5.41) is 2.79. The number of nitrogens with one attached hydrogen (secondary N) is 1. The largest absolute Gasteiger partial charge is 0.493 e. The Kier molecular flexibility index (Phi) is 7.65. The minimum atomic E-state index is -0.953. The van der Waals surface area contributed by atoms with Crippen LogP contribution in [0.3, 0.4) is 0 Å². The van der Waals surface area contributed by atoms with Gasteiger partial charge in [0.05, 0.1) is 19.3 Å². The van der Waals surface area contributed by atoms with E-state index in [1.165, 1.54) is 14.0 Å². The molecule has 0 unspecified atom stereocenters. The third-order valence-corrected chi connectivity index (χ3v) is 4.26. The van der Waals surface area contributed by atoms with Crippen LogP contribution in [0.2, 0.25) is 0 Å². The number of esters is 1. The van der Waals surface area contributed by atoms with Gasteiger partial charge in [0.1, 0.15) is 0 Å². The summed E-state index contributed by atoms with van der Waals surface area (Å²) in [6.45, 7) is 10.1. The molecule has 0 bridgehead atoms. The van der Waals surface area contributed by atoms with Crippen molar-refractivity contribution in [3.8, 4) is 11.5 Å². The average molecular weight is 399 g/mol. The highest BCUT2D eigenvalue weighted by atomic mass is 16.5. The first-order valence-corrected chi connectivity index (χ1v) is 9.61. The maximum absolute atomic E-state index is 12.5. The molecule has 1 amide bonds. The van der Waals surface area contributed by atoms with Crippen molar-refractivity contribution in [1.82, 2.24) is 0 Å². The van der Waals surface area contributed by atoms with Crippen LogP contribution in [0.15, 0.2) is 36.4 Å². The molecule has 6 nitrogen and oxygen atoms in total. The highest BCUT2D eigenvalue weighted by Gasteiger charge is 2.21. The Hall–Kier alpha value is -3.02. The molecule has 0 saturated heterocycles. The number of anilines is 1. The molecule has 0 spiro atoms. The van der Waals surface area contributed by atoms with Crippen LogP contribution >= 0.6 is 0 Å². The predicted octanol–water partition coefficient (Wildman–Crippen LogP) is 4.53. The second-order valence-corrected chi connectivity index (χ2v) is 7.43. The topological polar surface area (TPSA) is 73.9 Å². The Morgan fingerprint density at radius 2 is 1.72 bits per heavy atom. The van der Waals surface area contributed by atoms with E-state index in [1.807, 2.05) is 45.9 Å². The lowest BCUT2D eigenvalue weighted by Crippen LogP contribution is -2.30. The van der Waals surface area contributed by atoms with Crippen molar-refractivity contribution >= 4 is 17.6 Å². The molecule has 0 aromatic heterocycles. The van der Waals surface area contributed by atoms with Crippen LogP contribution in [0.4, 0.5) is 5.69 Å². The minimum absolute atomic E-state index is 0.282. The van der Waals surface area contributed by atoms with Crippen molar-refractivity contribution < 1.29 is 23.8 Å². The Labute approximate surface area is 172 Å². The summed E-state index contributed by atoms with van der Waals surface area (Å²) in [5.74, 6) is 0.350. The average Bonchev–Trinajstić information content (AvgIpc) is 2.68. The van der Waals surface area contributed by atoms with E-state index in [-0.39, 0.29) is 5.56 Å². The number of hydrogen-bond donors (Lipinski definition) is 1. The van der Waals surface area contributed by atoms with Gasteiger partial charge in [0.15, 0.2) is 17.6 Å². The standard InChI is InChI=1S/C23H29NO5/c1-14(2)13-28-20-10-8-18(12-21(20)27-6)23(26)29-17(5)22(25)24-19-9-7-15(3)11-16(19)4/h7-12,14,17H,13H2,1-6H3,(H,24,25)/t17-/m1/s1. The fraction of sp³-hybridized carbons (Fsp3) is 0.391. The number of carbonyl (C=O) groups is 2. The van der Waals surface area contributed by atoms with Gasteiger partial charge in [-0.05, 0) is 56.5 Å². The number of carbonyl (C=O) groups excluding carboxylic acids is 2. The maximum atomic E-state index is 12.5. The lowest BCUT2D eigenvalue weighted by atomic mass is 10.1. The monoisotopic (exact) mass is 399 g/mol. The van der Waals surface area contributed by atoms with E-state index < -0.39 is 18.0 Å². The van der Waals surface area contributed by atoms with Crippen molar-refractivity contribution in [3.05, 3.63) is 53.1 Å². The number of rotatable bonds is 8. The zero-order chi connectivity index (χ0) is 21.6. The fourth-order valence-electron chi connectivity index (χ4n) is 2.64. The number of hydrogen-bond acceptors (Lipinski definition) is 5. The van der Waals surface area contributed by atoms with Gasteiger partial charge in [-0.25, -0.2) is 4.79 Å². The van der Waals surface area contributed by atoms with Gasteiger partial charge >= 0.3 is 5.97 Å². The third-order valence-electron chi connectivity index (χ3n) is 4.26. The molecular formula is C23H29NO5. The van der Waals surface area contributed by atoms with Crippen molar-refractivity contribution in [2.75, 3.05) is 19.0 Å². The SMILES string of the molecule is COc1cc(C(=O)O[C@H](C)C(=O)Nc2ccc(C)cc2C)ccc1OCC(C)C. The van der Waals surface area contributed by atoms with Crippen molar-refractivity contribution in [3.63, 3.8) is 0 Å². The van der Waals surface area contributed by atoms with Gasteiger partial charge < -0.3 is 19.5 Å². The molecule has 0 saturated carbocycles. The fourth-order valence-corrected chi connectivity index (χ4v) is 2.64. The Balaban J connectivity index is 2.03. The van der Waals surface area contributed by atoms with Crippen LogP contribution in [0.25, 0.3) is 0 Å². The van der Waals surface area contributed by atoms with E-state index in [9.17, 15) is 9.59 Å². The number of amides is 1. The van der Waals surface area contributed by atoms with E-state index in [0.717, 1.165) is 11.1 Å². The molecule has 6 heteroatoms. The molecule has 1 N–H and O–H groups in total. The lowest BCUT2D eigenvalue weighted by molar-refractivity contribution is -0.123. The van der Waals surface area contributed by atoms with E-state index in [2.05, 4.69) is 5.32 Å². The Morgan fingerprint density at radius 3 is 2.34 bits per heavy atom. The summed E-state index contributed by atoms with van der Waals surface area (Å²) < 4.78 is 16.3. The number of aryl methyl sites for hydroxylation is 2. The smallest absolute Gasteiger partial charge is 0.339 e. The molecule has 156 valence electrons. The summed E-state index contributed by atoms with van der Waals surface area (Å²) in [4.78, 5) is 24.9. The lowest BCUT2D eigenvalue weighted by Gasteiger charge is -2.16. The van der Waals surface area contributed by atoms with Crippen LogP contribution in [0.1, 0.15) is 42.3 Å². The molecular weight excluding hydrogens is 370 g/mol. The van der Waals surface area contributed by atoms with Crippen LogP contribution < -0.4 is 14.8 Å². The number of methoxy groups -OCH3 is 1. The van der Waals surface area contributed by atoms with Crippen LogP contribution in [-0.4, -0.2) is 31.7 Å². The zero-order valence-electron chi connectivity index (χ0n) is 17.9. The van der Waals surface area contributed by atoms with Gasteiger partial charge in [-0.15, -0.1) is 0 Å². The normalized spacial score (nSPS) is 11.7. The molecule has 0 aliphatic rings. The number of benzene rings is 2. The van der Waals surface area contributed by atoms with Gasteiger partial charge in [0.25, 0.3) is 5.91 Å². The molecule has 0 heterocycles. The van der Waals surface area contributed by atoms with E-state index in [4.69, 9.17) is 14.2 Å². The maximum Gasteiger partial charge on any atom is 0.339 e. The molecule has 1 atom stereocenters. The molecule has 2 aromatic rings. The zero-order valence-corrected chi connectivity index (χ0v) is 17.9. The first-order chi connectivity index (χ1) is 13.7. The highest BCUT2D eigenvalue weighted by molar-refractivity contribution is 5.98. The van der Waals surface area contributed by atoms with Crippen LogP contribution in [0, 0.1) is 19.8 Å². The Bertz CT molecular complexity index is 876. The quantitative estimate of drug-likeness (QED) is 0.660. The second-order valence-electron chi connectivity index (χ2n) is 7.43. The van der Waals surface area contributed by atoms with Gasteiger partial charge in [0, 0.05) is 5.69 Å². The van der Waals surface area contributed by atoms with Crippen LogP contribution in [0.5, 0.6) is 11.5 Å². The van der Waals surface area contributed by atoms with Crippen molar-refractivity contribution in [2.45, 2.75) is 40.7 Å². The molecule has 0 radical (unpaired) electrons. The molecule has 0 fully saturated rings. The molecule has 0 aliphatic carbocycles. The van der Waals surface area contributed by atoms with Gasteiger partial charge in [-0.2, -0.15) is 0 Å². The van der Waals surface area contributed by atoms with Gasteiger partial charge in [0.2, 0.25) is 0 Å². The van der Waals surface area contributed by atoms with E-state index >= 15 is 0 Å². The third kappa shape index (κ3) is 6.24. The number of ether oxygens (including phenoxy) is 3. The minimum Gasteiger partial charge on any atom is -0.493 e. The summed E-state index contributed by atoms with van der Waals surface area (Å²) in [6, 6.07) is 10.5. The van der Waals surface area contributed by atoms with Crippen LogP contribution in [-0.2, 0) is 9.53 Å². The summed E-state index contributed by atoms with van der Waals surface area (Å²) in [5.41, 5.74) is 3.02. The molecule has 0 aliphatic heterocycles. The first-order valence-electron chi connectivity index (χ1n) is 9.61. The molecule has 29 heavy (non-hydrogen) atoms. The highest BCUT2D eigenvalue weighted by Crippen LogP contribution is 2.29.